The molecule has 0 bridgehead atoms. The van der Waals surface area contributed by atoms with E-state index >= 15 is 0 Å². The zero-order chi connectivity index (χ0) is 13.0. The van der Waals surface area contributed by atoms with E-state index in [4.69, 9.17) is 5.73 Å². The number of nitrogen functional groups attached to an aromatic ring is 1. The molecule has 0 aliphatic rings. The van der Waals surface area contributed by atoms with Crippen LogP contribution in [0.25, 0.3) is 10.8 Å². The Hall–Kier alpha value is -1.75. The molecule has 2 aromatic rings. The van der Waals surface area contributed by atoms with Crippen LogP contribution in [0, 0.1) is 0 Å². The highest BCUT2D eigenvalue weighted by Gasteiger charge is 2.09. The second-order valence-electron chi connectivity index (χ2n) is 3.86. The fraction of sp³-hybridized carbons (Fsp3) is 0.231. The number of hydrogen-bond donors (Lipinski definition) is 2. The molecule has 4 nitrogen and oxygen atoms in total. The summed E-state index contributed by atoms with van der Waals surface area (Å²) >= 11 is 1.68. The first-order valence-electron chi connectivity index (χ1n) is 5.65. The van der Waals surface area contributed by atoms with Gasteiger partial charge in [-0.05, 0) is 17.7 Å². The number of anilines is 1. The topological polar surface area (TPSA) is 68.0 Å². The van der Waals surface area contributed by atoms with Crippen LogP contribution >= 0.6 is 11.8 Å². The number of amides is 1. The van der Waals surface area contributed by atoms with Gasteiger partial charge in [-0.3, -0.25) is 4.79 Å². The summed E-state index contributed by atoms with van der Waals surface area (Å²) in [6, 6.07) is 9.40. The van der Waals surface area contributed by atoms with Crippen molar-refractivity contribution < 1.29 is 4.79 Å². The van der Waals surface area contributed by atoms with Crippen LogP contribution in [0.1, 0.15) is 10.5 Å². The number of carbonyl (C=O) groups excluding carboxylic acids is 1. The van der Waals surface area contributed by atoms with Crippen molar-refractivity contribution in [3.05, 3.63) is 36.0 Å². The molecule has 0 aliphatic heterocycles. The van der Waals surface area contributed by atoms with Crippen LogP contribution in [0.4, 0.5) is 5.82 Å². The predicted octanol–water partition coefficient (Wildman–Crippen LogP) is 1.91. The second-order valence-corrected chi connectivity index (χ2v) is 4.85. The number of hydrogen-bond acceptors (Lipinski definition) is 4. The number of thioether (sulfide) groups is 1. The highest BCUT2D eigenvalue weighted by molar-refractivity contribution is 7.98. The Balaban J connectivity index is 2.26. The summed E-state index contributed by atoms with van der Waals surface area (Å²) in [5.74, 6) is 1.10. The number of rotatable bonds is 4. The number of carbonyl (C=O) groups is 1. The quantitative estimate of drug-likeness (QED) is 0.825. The van der Waals surface area contributed by atoms with Crippen LogP contribution in [0.5, 0.6) is 0 Å². The van der Waals surface area contributed by atoms with E-state index in [1.165, 1.54) is 0 Å². The van der Waals surface area contributed by atoms with Crippen LogP contribution in [-0.4, -0.2) is 29.4 Å². The van der Waals surface area contributed by atoms with Gasteiger partial charge in [-0.2, -0.15) is 11.8 Å². The summed E-state index contributed by atoms with van der Waals surface area (Å²) in [7, 11) is 0. The van der Waals surface area contributed by atoms with E-state index in [2.05, 4.69) is 10.3 Å². The van der Waals surface area contributed by atoms with Crippen LogP contribution in [0.15, 0.2) is 30.3 Å². The molecular formula is C13H15N3OS. The zero-order valence-corrected chi connectivity index (χ0v) is 11.0. The van der Waals surface area contributed by atoms with E-state index in [9.17, 15) is 4.79 Å². The van der Waals surface area contributed by atoms with E-state index in [0.29, 0.717) is 18.1 Å². The molecule has 0 unspecified atom stereocenters. The van der Waals surface area contributed by atoms with Gasteiger partial charge < -0.3 is 11.1 Å². The van der Waals surface area contributed by atoms with Crippen LogP contribution < -0.4 is 11.1 Å². The molecule has 18 heavy (non-hydrogen) atoms. The lowest BCUT2D eigenvalue weighted by Gasteiger charge is -2.06. The molecule has 1 aromatic heterocycles. The summed E-state index contributed by atoms with van der Waals surface area (Å²) in [5.41, 5.74) is 6.22. The minimum atomic E-state index is -0.179. The molecule has 1 heterocycles. The summed E-state index contributed by atoms with van der Waals surface area (Å²) < 4.78 is 0. The lowest BCUT2D eigenvalue weighted by Crippen LogP contribution is -2.26. The first kappa shape index (κ1) is 12.7. The minimum Gasteiger partial charge on any atom is -0.383 e. The molecule has 0 radical (unpaired) electrons. The first-order valence-corrected chi connectivity index (χ1v) is 7.04. The molecule has 1 amide bonds. The Morgan fingerprint density at radius 2 is 2.22 bits per heavy atom. The molecule has 2 rings (SSSR count). The molecule has 0 saturated carbocycles. The number of pyridine rings is 1. The number of fused-ring (bicyclic) bond motifs is 1. The monoisotopic (exact) mass is 261 g/mol. The second kappa shape index (κ2) is 5.73. The largest absolute Gasteiger partial charge is 0.383 e. The number of nitrogens with one attached hydrogen (secondary N) is 1. The van der Waals surface area contributed by atoms with Crippen LogP contribution in [-0.2, 0) is 0 Å². The number of nitrogens with zero attached hydrogens (tertiary/aromatic N) is 1. The van der Waals surface area contributed by atoms with Gasteiger partial charge in [0.05, 0.1) is 0 Å². The van der Waals surface area contributed by atoms with Gasteiger partial charge in [-0.15, -0.1) is 0 Å². The molecule has 0 spiro atoms. The van der Waals surface area contributed by atoms with E-state index in [1.54, 1.807) is 17.8 Å². The SMILES string of the molecule is CSCCNC(=O)c1cc2ccccc2c(N)n1. The van der Waals surface area contributed by atoms with Crippen LogP contribution in [0.2, 0.25) is 0 Å². The number of aromatic nitrogens is 1. The van der Waals surface area contributed by atoms with E-state index in [-0.39, 0.29) is 5.91 Å². The molecule has 0 saturated heterocycles. The molecule has 3 N–H and O–H groups in total. The highest BCUT2D eigenvalue weighted by atomic mass is 32.2. The third kappa shape index (κ3) is 2.73. The van der Waals surface area contributed by atoms with Crippen molar-refractivity contribution in [1.29, 1.82) is 0 Å². The van der Waals surface area contributed by atoms with Gasteiger partial charge in [-0.25, -0.2) is 4.98 Å². The summed E-state index contributed by atoms with van der Waals surface area (Å²) in [6.45, 7) is 0.633. The lowest BCUT2D eigenvalue weighted by molar-refractivity contribution is 0.0951. The fourth-order valence-electron chi connectivity index (χ4n) is 1.70. The van der Waals surface area contributed by atoms with Gasteiger partial charge in [-0.1, -0.05) is 24.3 Å². The van der Waals surface area contributed by atoms with Crippen molar-refractivity contribution in [2.24, 2.45) is 0 Å². The molecule has 0 aliphatic carbocycles. The first-order chi connectivity index (χ1) is 8.72. The van der Waals surface area contributed by atoms with Crippen molar-refractivity contribution in [2.75, 3.05) is 24.3 Å². The third-order valence-corrected chi connectivity index (χ3v) is 3.21. The average Bonchev–Trinajstić information content (AvgIpc) is 2.39. The fourth-order valence-corrected chi connectivity index (χ4v) is 2.01. The van der Waals surface area contributed by atoms with Crippen molar-refractivity contribution in [1.82, 2.24) is 10.3 Å². The average molecular weight is 261 g/mol. The summed E-state index contributed by atoms with van der Waals surface area (Å²) in [5, 5.41) is 4.62. The number of benzene rings is 1. The normalized spacial score (nSPS) is 10.5. The maximum Gasteiger partial charge on any atom is 0.270 e. The molecule has 5 heteroatoms. The standard InChI is InChI=1S/C13H15N3OS/c1-18-7-6-15-13(17)11-8-9-4-2-3-5-10(9)12(14)16-11/h2-5,8H,6-7H2,1H3,(H2,14,16)(H,15,17). The highest BCUT2D eigenvalue weighted by Crippen LogP contribution is 2.19. The molecule has 1 aromatic carbocycles. The third-order valence-electron chi connectivity index (χ3n) is 2.59. The lowest BCUT2D eigenvalue weighted by atomic mass is 10.1. The van der Waals surface area contributed by atoms with Gasteiger partial charge in [0.2, 0.25) is 0 Å². The van der Waals surface area contributed by atoms with Crippen molar-refractivity contribution in [2.45, 2.75) is 0 Å². The smallest absolute Gasteiger partial charge is 0.270 e. The van der Waals surface area contributed by atoms with Gasteiger partial charge in [0.15, 0.2) is 0 Å². The maximum absolute atomic E-state index is 11.9. The Morgan fingerprint density at radius 1 is 1.44 bits per heavy atom. The van der Waals surface area contributed by atoms with E-state index in [1.807, 2.05) is 30.5 Å². The Morgan fingerprint density at radius 3 is 3.00 bits per heavy atom. The van der Waals surface area contributed by atoms with Gasteiger partial charge in [0.1, 0.15) is 11.5 Å². The van der Waals surface area contributed by atoms with Crippen molar-refractivity contribution in [3.8, 4) is 0 Å². The molecule has 94 valence electrons. The van der Waals surface area contributed by atoms with Gasteiger partial charge >= 0.3 is 0 Å². The molecule has 0 atom stereocenters. The Bertz CT molecular complexity index is 571. The predicted molar refractivity (Wildman–Crippen MR) is 76.9 cm³/mol. The number of nitrogens with two attached hydrogens (primary N) is 1. The minimum absolute atomic E-state index is 0.179. The summed E-state index contributed by atoms with van der Waals surface area (Å²) in [4.78, 5) is 16.0. The van der Waals surface area contributed by atoms with E-state index in [0.717, 1.165) is 16.5 Å². The van der Waals surface area contributed by atoms with Crippen molar-refractivity contribution >= 4 is 34.3 Å². The summed E-state index contributed by atoms with van der Waals surface area (Å²) in [6.07, 6.45) is 2.00. The van der Waals surface area contributed by atoms with Gasteiger partial charge in [0, 0.05) is 17.7 Å². The zero-order valence-electron chi connectivity index (χ0n) is 10.1. The van der Waals surface area contributed by atoms with E-state index < -0.39 is 0 Å². The van der Waals surface area contributed by atoms with Crippen molar-refractivity contribution in [3.63, 3.8) is 0 Å². The Labute approximate surface area is 110 Å². The molecule has 0 fully saturated rings. The maximum atomic E-state index is 11.9. The Kier molecular flexibility index (Phi) is 4.04. The van der Waals surface area contributed by atoms with Gasteiger partial charge in [0.25, 0.3) is 5.91 Å². The molecular weight excluding hydrogens is 246 g/mol. The van der Waals surface area contributed by atoms with Crippen LogP contribution in [0.3, 0.4) is 0 Å².